The number of rotatable bonds is 10. The van der Waals surface area contributed by atoms with Gasteiger partial charge in [-0.25, -0.2) is 0 Å². The Balaban J connectivity index is 1.87. The van der Waals surface area contributed by atoms with Gasteiger partial charge < -0.3 is 55.2 Å². The SMILES string of the molecule is COCC1OC(OCC2OC(C)C(O)C(O)C2O)C(O)CC1OCC(=O)NCCN. The molecule has 12 nitrogen and oxygen atoms in total. The molecule has 0 radical (unpaired) electrons. The van der Waals surface area contributed by atoms with Gasteiger partial charge >= 0.3 is 0 Å². The molecule has 2 aliphatic heterocycles. The zero-order valence-corrected chi connectivity index (χ0v) is 17.3. The van der Waals surface area contributed by atoms with Crippen molar-refractivity contribution in [3.63, 3.8) is 0 Å². The lowest BCUT2D eigenvalue weighted by molar-refractivity contribution is -0.295. The largest absolute Gasteiger partial charge is 0.388 e. The second-order valence-electron chi connectivity index (χ2n) is 7.47. The van der Waals surface area contributed by atoms with Crippen molar-refractivity contribution in [2.24, 2.45) is 5.73 Å². The van der Waals surface area contributed by atoms with Crippen LogP contribution in [-0.4, -0.2) is 121 Å². The summed E-state index contributed by atoms with van der Waals surface area (Å²) in [6, 6.07) is 0. The fourth-order valence-electron chi connectivity index (χ4n) is 3.40. The van der Waals surface area contributed by atoms with Gasteiger partial charge in [0.2, 0.25) is 5.91 Å². The number of carbonyl (C=O) groups is 1. The van der Waals surface area contributed by atoms with Gasteiger partial charge in [0, 0.05) is 26.6 Å². The van der Waals surface area contributed by atoms with Gasteiger partial charge in [0.25, 0.3) is 0 Å². The monoisotopic (exact) mass is 438 g/mol. The molecule has 30 heavy (non-hydrogen) atoms. The standard InChI is InChI=1S/C18H34N2O10/c1-9-15(23)17(25)16(24)13(29-9)7-28-18-10(21)5-11(12(30-18)6-26-2)27-8-14(22)20-4-3-19/h9-13,15-18,21,23-25H,3-8,19H2,1-2H3,(H,20,22). The molecule has 0 saturated carbocycles. The average molecular weight is 438 g/mol. The first kappa shape index (κ1) is 25.3. The van der Waals surface area contributed by atoms with Gasteiger partial charge in [0.15, 0.2) is 6.29 Å². The Labute approximate surface area is 175 Å². The molecule has 0 aromatic carbocycles. The lowest BCUT2D eigenvalue weighted by Crippen LogP contribution is -2.58. The Morgan fingerprint density at radius 3 is 2.47 bits per heavy atom. The fourth-order valence-corrected chi connectivity index (χ4v) is 3.40. The van der Waals surface area contributed by atoms with Gasteiger partial charge in [-0.2, -0.15) is 0 Å². The molecule has 0 spiro atoms. The highest BCUT2D eigenvalue weighted by Crippen LogP contribution is 2.26. The van der Waals surface area contributed by atoms with E-state index >= 15 is 0 Å². The molecule has 0 aromatic heterocycles. The van der Waals surface area contributed by atoms with Crippen LogP contribution in [0.25, 0.3) is 0 Å². The van der Waals surface area contributed by atoms with E-state index in [9.17, 15) is 25.2 Å². The number of aliphatic hydroxyl groups is 4. The van der Waals surface area contributed by atoms with E-state index in [1.807, 2.05) is 0 Å². The molecular formula is C18H34N2O10. The predicted octanol–water partition coefficient (Wildman–Crippen LogP) is -3.54. The van der Waals surface area contributed by atoms with Gasteiger partial charge in [-0.3, -0.25) is 4.79 Å². The third-order valence-electron chi connectivity index (χ3n) is 5.11. The molecule has 2 rings (SSSR count). The van der Waals surface area contributed by atoms with Gasteiger partial charge in [-0.15, -0.1) is 0 Å². The summed E-state index contributed by atoms with van der Waals surface area (Å²) in [6.07, 6.45) is -8.72. The lowest BCUT2D eigenvalue weighted by Gasteiger charge is -2.41. The van der Waals surface area contributed by atoms with E-state index in [0.717, 1.165) is 0 Å². The maximum absolute atomic E-state index is 11.7. The number of aliphatic hydroxyl groups excluding tert-OH is 4. The highest BCUT2D eigenvalue weighted by molar-refractivity contribution is 5.77. The van der Waals surface area contributed by atoms with Crippen LogP contribution in [0.3, 0.4) is 0 Å². The summed E-state index contributed by atoms with van der Waals surface area (Å²) < 4.78 is 27.5. The molecule has 2 heterocycles. The van der Waals surface area contributed by atoms with Crippen LogP contribution in [0, 0.1) is 0 Å². The molecule has 0 aromatic rings. The molecule has 176 valence electrons. The number of hydrogen-bond donors (Lipinski definition) is 6. The molecule has 2 saturated heterocycles. The first-order valence-corrected chi connectivity index (χ1v) is 10.0. The van der Waals surface area contributed by atoms with Gasteiger partial charge in [0.1, 0.15) is 43.2 Å². The highest BCUT2D eigenvalue weighted by Gasteiger charge is 2.44. The van der Waals surface area contributed by atoms with Crippen LogP contribution in [-0.2, 0) is 28.5 Å². The lowest BCUT2D eigenvalue weighted by atomic mass is 9.96. The molecule has 1 amide bonds. The van der Waals surface area contributed by atoms with E-state index in [4.69, 9.17) is 29.4 Å². The summed E-state index contributed by atoms with van der Waals surface area (Å²) in [5.41, 5.74) is 5.33. The minimum atomic E-state index is -1.37. The number of hydrogen-bond acceptors (Lipinski definition) is 11. The Kier molecular flexibility index (Phi) is 10.3. The molecule has 2 aliphatic rings. The van der Waals surface area contributed by atoms with Gasteiger partial charge in [-0.1, -0.05) is 0 Å². The van der Waals surface area contributed by atoms with E-state index in [1.165, 1.54) is 7.11 Å². The summed E-state index contributed by atoms with van der Waals surface area (Å²) in [6.45, 7) is 1.97. The topological polar surface area (TPSA) is 182 Å². The molecule has 9 unspecified atom stereocenters. The molecule has 0 aliphatic carbocycles. The number of nitrogens with one attached hydrogen (secondary N) is 1. The first-order chi connectivity index (χ1) is 14.3. The molecule has 2 fully saturated rings. The first-order valence-electron chi connectivity index (χ1n) is 10.0. The molecule has 12 heteroatoms. The normalized spacial score (nSPS) is 39.6. The minimum Gasteiger partial charge on any atom is -0.388 e. The van der Waals surface area contributed by atoms with Crippen molar-refractivity contribution >= 4 is 5.91 Å². The van der Waals surface area contributed by atoms with E-state index in [-0.39, 0.29) is 32.1 Å². The van der Waals surface area contributed by atoms with Crippen molar-refractivity contribution in [3.05, 3.63) is 0 Å². The second kappa shape index (κ2) is 12.2. The summed E-state index contributed by atoms with van der Waals surface area (Å²) in [5.74, 6) is -0.331. The number of carbonyl (C=O) groups excluding carboxylic acids is 1. The third kappa shape index (κ3) is 6.79. The molecule has 0 bridgehead atoms. The van der Waals surface area contributed by atoms with E-state index in [0.29, 0.717) is 13.1 Å². The van der Waals surface area contributed by atoms with E-state index in [1.54, 1.807) is 6.92 Å². The summed E-state index contributed by atoms with van der Waals surface area (Å²) >= 11 is 0. The number of nitrogens with two attached hydrogens (primary N) is 1. The smallest absolute Gasteiger partial charge is 0.246 e. The number of methoxy groups -OCH3 is 1. The Morgan fingerprint density at radius 2 is 1.80 bits per heavy atom. The summed E-state index contributed by atoms with van der Waals surface area (Å²) in [4.78, 5) is 11.7. The van der Waals surface area contributed by atoms with Crippen LogP contribution >= 0.6 is 0 Å². The van der Waals surface area contributed by atoms with E-state index in [2.05, 4.69) is 5.32 Å². The maximum atomic E-state index is 11.7. The maximum Gasteiger partial charge on any atom is 0.246 e. The Hall–Kier alpha value is -0.930. The van der Waals surface area contributed by atoms with Crippen molar-refractivity contribution in [2.45, 2.75) is 68.5 Å². The van der Waals surface area contributed by atoms with Crippen molar-refractivity contribution in [1.29, 1.82) is 0 Å². The molecule has 9 atom stereocenters. The van der Waals surface area contributed by atoms with E-state index < -0.39 is 55.1 Å². The number of ether oxygens (including phenoxy) is 5. The van der Waals surface area contributed by atoms with Crippen LogP contribution in [0.5, 0.6) is 0 Å². The van der Waals surface area contributed by atoms with Gasteiger partial charge in [0.05, 0.1) is 25.4 Å². The van der Waals surface area contributed by atoms with Gasteiger partial charge in [-0.05, 0) is 6.92 Å². The van der Waals surface area contributed by atoms with Crippen molar-refractivity contribution < 1.29 is 48.9 Å². The van der Waals surface area contributed by atoms with Crippen LogP contribution in [0.1, 0.15) is 13.3 Å². The number of amides is 1. The van der Waals surface area contributed by atoms with Crippen LogP contribution in [0.15, 0.2) is 0 Å². The minimum absolute atomic E-state index is 0.134. The van der Waals surface area contributed by atoms with Crippen LogP contribution < -0.4 is 11.1 Å². The quantitative estimate of drug-likeness (QED) is 0.199. The van der Waals surface area contributed by atoms with Crippen LogP contribution in [0.4, 0.5) is 0 Å². The Bertz CT molecular complexity index is 527. The second-order valence-corrected chi connectivity index (χ2v) is 7.47. The molecular weight excluding hydrogens is 404 g/mol. The van der Waals surface area contributed by atoms with Crippen molar-refractivity contribution in [2.75, 3.05) is 40.0 Å². The average Bonchev–Trinajstić information content (AvgIpc) is 2.72. The summed E-state index contributed by atoms with van der Waals surface area (Å²) in [7, 11) is 1.48. The van der Waals surface area contributed by atoms with Crippen LogP contribution in [0.2, 0.25) is 0 Å². The predicted molar refractivity (Wildman–Crippen MR) is 101 cm³/mol. The zero-order chi connectivity index (χ0) is 22.3. The fraction of sp³-hybridized carbons (Fsp3) is 0.944. The third-order valence-corrected chi connectivity index (χ3v) is 5.11. The van der Waals surface area contributed by atoms with Crippen molar-refractivity contribution in [3.8, 4) is 0 Å². The summed E-state index contributed by atoms with van der Waals surface area (Å²) in [5, 5.41) is 42.7. The van der Waals surface area contributed by atoms with Crippen molar-refractivity contribution in [1.82, 2.24) is 5.32 Å². The molecule has 7 N–H and O–H groups in total. The Morgan fingerprint density at radius 1 is 1.07 bits per heavy atom. The highest BCUT2D eigenvalue weighted by atomic mass is 16.7. The zero-order valence-electron chi connectivity index (χ0n) is 17.3.